The molecule has 0 radical (unpaired) electrons. The van der Waals surface area contributed by atoms with Crippen molar-refractivity contribution in [1.29, 1.82) is 0 Å². The van der Waals surface area contributed by atoms with Gasteiger partial charge in [-0.05, 0) is 92.3 Å². The van der Waals surface area contributed by atoms with E-state index < -0.39 is 41.0 Å². The summed E-state index contributed by atoms with van der Waals surface area (Å²) in [4.78, 5) is 70.9. The van der Waals surface area contributed by atoms with Crippen LogP contribution in [0.1, 0.15) is 61.1 Å². The number of carboxylic acids is 1. The Morgan fingerprint density at radius 2 is 1.62 bits per heavy atom. The topological polar surface area (TPSA) is 138 Å². The van der Waals surface area contributed by atoms with Crippen molar-refractivity contribution in [2.24, 2.45) is 23.7 Å². The number of phenols is 1. The van der Waals surface area contributed by atoms with Crippen molar-refractivity contribution in [3.63, 3.8) is 0 Å². The van der Waals surface area contributed by atoms with E-state index in [2.05, 4.69) is 31.9 Å². The first-order valence-electron chi connectivity index (χ1n) is 17.4. The highest BCUT2D eigenvalue weighted by molar-refractivity contribution is 9.13. The van der Waals surface area contributed by atoms with Gasteiger partial charge in [-0.1, -0.05) is 78.7 Å². The Hall–Kier alpha value is -4.35. The summed E-state index contributed by atoms with van der Waals surface area (Å²) >= 11 is 7.23. The van der Waals surface area contributed by atoms with Gasteiger partial charge in [0, 0.05) is 34.8 Å². The highest BCUT2D eigenvalue weighted by atomic mass is 79.9. The van der Waals surface area contributed by atoms with E-state index in [9.17, 15) is 19.5 Å². The first-order chi connectivity index (χ1) is 25.0. The van der Waals surface area contributed by atoms with Crippen LogP contribution in [0, 0.1) is 23.7 Å². The van der Waals surface area contributed by atoms with Crippen LogP contribution in [0.2, 0.25) is 0 Å². The minimum atomic E-state index is -1.44. The Kier molecular flexibility index (Phi) is 9.86. The van der Waals surface area contributed by atoms with Gasteiger partial charge in [-0.25, -0.2) is 0 Å². The second-order valence-electron chi connectivity index (χ2n) is 14.0. The van der Waals surface area contributed by atoms with E-state index in [0.29, 0.717) is 50.5 Å². The van der Waals surface area contributed by atoms with Gasteiger partial charge in [0.1, 0.15) is 0 Å². The third-order valence-electron chi connectivity index (χ3n) is 11.4. The molecule has 0 spiro atoms. The minimum Gasteiger partial charge on any atom is -0.503 e. The molecule has 1 heterocycles. The number of amides is 2. The number of fused-ring (bicyclic) bond motifs is 4. The van der Waals surface area contributed by atoms with Gasteiger partial charge in [0.2, 0.25) is 11.8 Å². The number of benzene rings is 3. The molecule has 1 aliphatic heterocycles. The molecule has 11 heteroatoms. The van der Waals surface area contributed by atoms with E-state index >= 15 is 9.59 Å². The molecule has 0 aromatic heterocycles. The lowest BCUT2D eigenvalue weighted by Crippen LogP contribution is -2.59. The summed E-state index contributed by atoms with van der Waals surface area (Å²) in [6.07, 6.45) is 5.44. The summed E-state index contributed by atoms with van der Waals surface area (Å²) < 4.78 is 6.40. The molecule has 2 amide bonds. The van der Waals surface area contributed by atoms with E-state index in [1.54, 1.807) is 18.2 Å². The van der Waals surface area contributed by atoms with Crippen LogP contribution in [-0.2, 0) is 29.4 Å². The molecule has 0 bridgehead atoms. The first kappa shape index (κ1) is 36.0. The number of carbonyl (C=O) groups is 5. The van der Waals surface area contributed by atoms with Gasteiger partial charge in [-0.2, -0.15) is 0 Å². The number of Topliss-reactive ketones (excluding diaryl/α,β-unsaturated/α-hetero) is 1. The molecule has 6 atom stereocenters. The molecule has 3 aromatic carbocycles. The van der Waals surface area contributed by atoms with Crippen molar-refractivity contribution in [2.75, 3.05) is 13.7 Å². The molecular weight excluding hydrogens is 794 g/mol. The van der Waals surface area contributed by atoms with Crippen LogP contribution in [0.5, 0.6) is 11.5 Å². The van der Waals surface area contributed by atoms with E-state index in [-0.39, 0.29) is 60.7 Å². The number of methoxy groups -OCH3 is 1. The third-order valence-corrected chi connectivity index (χ3v) is 13.6. The number of carbonyl (C=O) groups excluding carboxylic acids is 4. The zero-order valence-electron chi connectivity index (χ0n) is 28.4. The van der Waals surface area contributed by atoms with Gasteiger partial charge in [0.25, 0.3) is 0 Å². The molecular formula is C41H37Br2NO8. The summed E-state index contributed by atoms with van der Waals surface area (Å²) in [5, 5.41) is 20.0. The van der Waals surface area contributed by atoms with Crippen molar-refractivity contribution in [1.82, 2.24) is 4.90 Å². The molecule has 7 rings (SSSR count). The van der Waals surface area contributed by atoms with Crippen molar-refractivity contribution >= 4 is 66.8 Å². The van der Waals surface area contributed by atoms with Gasteiger partial charge in [0.05, 0.1) is 28.8 Å². The molecule has 0 unspecified atom stereocenters. The quantitative estimate of drug-likeness (QED) is 0.123. The fraction of sp³-hybridized carbons (Fsp3) is 0.341. The molecule has 268 valence electrons. The molecule has 1 saturated heterocycles. The van der Waals surface area contributed by atoms with Crippen molar-refractivity contribution in [3.8, 4) is 11.5 Å². The maximum Gasteiger partial charge on any atom is 0.303 e. The van der Waals surface area contributed by atoms with E-state index in [1.807, 2.05) is 54.6 Å². The van der Waals surface area contributed by atoms with Crippen molar-refractivity contribution < 1.29 is 38.9 Å². The van der Waals surface area contributed by atoms with Gasteiger partial charge in [0.15, 0.2) is 23.1 Å². The lowest BCUT2D eigenvalue weighted by atomic mass is 9.44. The van der Waals surface area contributed by atoms with Crippen molar-refractivity contribution in [2.45, 2.75) is 49.9 Å². The number of carboxylic acid groups (broad SMARTS) is 1. The molecule has 2 fully saturated rings. The van der Waals surface area contributed by atoms with Crippen LogP contribution < -0.4 is 4.74 Å². The number of aromatic hydroxyl groups is 1. The lowest BCUT2D eigenvalue weighted by Gasteiger charge is -2.55. The summed E-state index contributed by atoms with van der Waals surface area (Å²) in [6, 6.07) is 20.1. The average molecular weight is 832 g/mol. The molecule has 1 saturated carbocycles. The fourth-order valence-electron chi connectivity index (χ4n) is 9.20. The Bertz CT molecular complexity index is 2040. The summed E-state index contributed by atoms with van der Waals surface area (Å²) in [6.45, 7) is 0.194. The third kappa shape index (κ3) is 5.67. The lowest BCUT2D eigenvalue weighted by molar-refractivity contribution is -0.141. The highest BCUT2D eigenvalue weighted by Gasteiger charge is 2.66. The fourth-order valence-corrected chi connectivity index (χ4v) is 10.2. The van der Waals surface area contributed by atoms with Gasteiger partial charge in [-0.15, -0.1) is 0 Å². The molecule has 2 N–H and O–H groups in total. The second-order valence-corrected chi connectivity index (χ2v) is 15.6. The van der Waals surface area contributed by atoms with Crippen LogP contribution in [0.4, 0.5) is 0 Å². The van der Waals surface area contributed by atoms with Gasteiger partial charge >= 0.3 is 5.97 Å². The zero-order valence-corrected chi connectivity index (χ0v) is 31.6. The summed E-state index contributed by atoms with van der Waals surface area (Å²) in [5.74, 6) is -5.49. The normalized spacial score (nSPS) is 26.7. The number of nitrogens with zero attached hydrogens (tertiary/aromatic N) is 1. The first-order valence-corrected chi connectivity index (χ1v) is 19.0. The Morgan fingerprint density at radius 3 is 2.29 bits per heavy atom. The zero-order chi connectivity index (χ0) is 36.9. The van der Waals surface area contributed by atoms with E-state index in [1.165, 1.54) is 18.1 Å². The van der Waals surface area contributed by atoms with E-state index in [4.69, 9.17) is 9.84 Å². The molecule has 3 aliphatic carbocycles. The summed E-state index contributed by atoms with van der Waals surface area (Å²) in [7, 11) is 1.44. The SMILES string of the molecule is COc1cc([C@H]2C3=CC[C@@H]4C(=O)N(CCCCCC(=O)O)C(=O)[C@@H]4[C@@H]3C[C@H]3C(=O)C(c4ccccc4)=CC(=O)[C@@]23c2ccccc2)c(Br)c(Br)c1O. The Morgan fingerprint density at radius 1 is 0.923 bits per heavy atom. The smallest absolute Gasteiger partial charge is 0.303 e. The Labute approximate surface area is 318 Å². The summed E-state index contributed by atoms with van der Waals surface area (Å²) in [5.41, 5.74) is 1.53. The predicted molar refractivity (Wildman–Crippen MR) is 199 cm³/mol. The van der Waals surface area contributed by atoms with E-state index in [0.717, 1.165) is 5.57 Å². The van der Waals surface area contributed by atoms with Crippen LogP contribution in [0.3, 0.4) is 0 Å². The predicted octanol–water partition coefficient (Wildman–Crippen LogP) is 7.40. The maximum absolute atomic E-state index is 15.2. The second kappa shape index (κ2) is 14.2. The van der Waals surface area contributed by atoms with Crippen LogP contribution in [0.25, 0.3) is 5.57 Å². The number of ketones is 2. The van der Waals surface area contributed by atoms with Crippen LogP contribution >= 0.6 is 31.9 Å². The molecule has 9 nitrogen and oxygen atoms in total. The number of rotatable bonds is 10. The highest BCUT2D eigenvalue weighted by Crippen LogP contribution is 2.65. The molecule has 4 aliphatic rings. The minimum absolute atomic E-state index is 0.0221. The van der Waals surface area contributed by atoms with Gasteiger partial charge < -0.3 is 14.9 Å². The average Bonchev–Trinajstić information content (AvgIpc) is 3.40. The largest absolute Gasteiger partial charge is 0.503 e. The number of phenolic OH excluding ortho intramolecular Hbond substituents is 1. The number of allylic oxidation sites excluding steroid dienone is 4. The molecule has 3 aromatic rings. The van der Waals surface area contributed by atoms with Gasteiger partial charge in [-0.3, -0.25) is 28.9 Å². The number of imide groups is 1. The number of likely N-dealkylation sites (tertiary alicyclic amines) is 1. The standard InChI is InChI=1S/C41H37Br2NO8/c1-52-30-20-28(35(42)36(43)38(30)49)34-24-16-17-25-33(40(51)44(39(25)50)18-10-4-9-15-32(46)47)27(24)19-29-37(48)26(22-11-5-2-6-12-22)21-31(45)41(29,34)23-13-7-3-8-14-23/h2-3,5-8,11-14,16,20-21,25,27,29,33-34,49H,4,9-10,15,17-19H2,1H3,(H,46,47)/t25-,27+,29-,33-,34+,41-/m0/s1. The molecule has 52 heavy (non-hydrogen) atoms. The maximum atomic E-state index is 15.2. The number of halogens is 2. The monoisotopic (exact) mass is 829 g/mol. The number of hydrogen-bond acceptors (Lipinski definition) is 7. The van der Waals surface area contributed by atoms with Crippen LogP contribution in [0.15, 0.2) is 93.4 Å². The van der Waals surface area contributed by atoms with Crippen LogP contribution in [-0.4, -0.2) is 58.1 Å². The number of unbranched alkanes of at least 4 members (excludes halogenated alkanes) is 2. The number of ether oxygens (including phenoxy) is 1. The number of hydrogen-bond donors (Lipinski definition) is 2. The van der Waals surface area contributed by atoms with Crippen molar-refractivity contribution in [3.05, 3.63) is 110 Å². The number of aliphatic carboxylic acids is 1. The Balaban J connectivity index is 1.42.